The zero-order valence-electron chi connectivity index (χ0n) is 9.87. The Kier molecular flexibility index (Phi) is 5.37. The molecule has 0 aromatic heterocycles. The minimum atomic E-state index is 0.786. The van der Waals surface area contributed by atoms with Gasteiger partial charge in [0.05, 0.1) is 0 Å². The van der Waals surface area contributed by atoms with E-state index in [0.717, 1.165) is 32.5 Å². The van der Waals surface area contributed by atoms with Crippen LogP contribution in [0.5, 0.6) is 0 Å². The molecule has 15 heavy (non-hydrogen) atoms. The summed E-state index contributed by atoms with van der Waals surface area (Å²) in [6.45, 7) is 5.14. The van der Waals surface area contributed by atoms with Crippen LogP contribution in [0.3, 0.4) is 0 Å². The predicted octanol–water partition coefficient (Wildman–Crippen LogP) is 1.82. The van der Waals surface area contributed by atoms with E-state index in [-0.39, 0.29) is 0 Å². The highest BCUT2D eigenvalue weighted by Crippen LogP contribution is 2.05. The van der Waals surface area contributed by atoms with Crippen molar-refractivity contribution in [3.05, 3.63) is 35.4 Å². The average molecular weight is 206 g/mol. The van der Waals surface area contributed by atoms with Crippen LogP contribution in [-0.4, -0.2) is 31.6 Å². The monoisotopic (exact) mass is 206 g/mol. The summed E-state index contributed by atoms with van der Waals surface area (Å²) in [6, 6.07) is 8.73. The second-order valence-electron chi connectivity index (χ2n) is 4.18. The van der Waals surface area contributed by atoms with Crippen LogP contribution >= 0.6 is 0 Å². The first-order valence-corrected chi connectivity index (χ1v) is 5.66. The van der Waals surface area contributed by atoms with E-state index in [1.807, 2.05) is 0 Å². The summed E-state index contributed by atoms with van der Waals surface area (Å²) in [5, 5.41) is 0. The summed E-state index contributed by atoms with van der Waals surface area (Å²) in [4.78, 5) is 2.34. The molecular formula is C13H22N2. The Hall–Kier alpha value is -0.860. The van der Waals surface area contributed by atoms with Gasteiger partial charge in [-0.1, -0.05) is 29.8 Å². The summed E-state index contributed by atoms with van der Waals surface area (Å²) >= 11 is 0. The average Bonchev–Trinajstić information content (AvgIpc) is 2.23. The maximum atomic E-state index is 5.48. The molecule has 2 heteroatoms. The van der Waals surface area contributed by atoms with Crippen LogP contribution in [0.25, 0.3) is 0 Å². The van der Waals surface area contributed by atoms with Crippen molar-refractivity contribution in [1.82, 2.24) is 4.90 Å². The van der Waals surface area contributed by atoms with E-state index in [1.54, 1.807) is 0 Å². The zero-order chi connectivity index (χ0) is 11.1. The molecule has 2 nitrogen and oxygen atoms in total. The molecule has 0 heterocycles. The van der Waals surface area contributed by atoms with Gasteiger partial charge in [0.2, 0.25) is 0 Å². The Morgan fingerprint density at radius 2 is 2.07 bits per heavy atom. The van der Waals surface area contributed by atoms with E-state index in [1.165, 1.54) is 11.1 Å². The lowest BCUT2D eigenvalue weighted by atomic mass is 10.1. The molecule has 0 aliphatic heterocycles. The van der Waals surface area contributed by atoms with E-state index in [9.17, 15) is 0 Å². The maximum absolute atomic E-state index is 5.48. The fourth-order valence-corrected chi connectivity index (χ4v) is 1.66. The molecule has 0 fully saturated rings. The molecular weight excluding hydrogens is 184 g/mol. The van der Waals surface area contributed by atoms with E-state index in [4.69, 9.17) is 5.73 Å². The molecule has 0 spiro atoms. The molecule has 84 valence electrons. The van der Waals surface area contributed by atoms with Crippen LogP contribution in [0.1, 0.15) is 17.5 Å². The zero-order valence-corrected chi connectivity index (χ0v) is 9.87. The molecule has 0 aliphatic carbocycles. The van der Waals surface area contributed by atoms with Crippen molar-refractivity contribution in [2.75, 3.05) is 26.7 Å². The van der Waals surface area contributed by atoms with Crippen LogP contribution in [0.2, 0.25) is 0 Å². The number of nitrogens with zero attached hydrogens (tertiary/aromatic N) is 1. The maximum Gasteiger partial charge on any atom is 0.00188 e. The fraction of sp³-hybridized carbons (Fsp3) is 0.538. The van der Waals surface area contributed by atoms with Gasteiger partial charge in [0, 0.05) is 6.54 Å². The molecule has 1 rings (SSSR count). The quantitative estimate of drug-likeness (QED) is 0.769. The summed E-state index contributed by atoms with van der Waals surface area (Å²) in [5.41, 5.74) is 8.25. The number of aryl methyl sites for hydroxylation is 1. The molecule has 2 N–H and O–H groups in total. The highest BCUT2D eigenvalue weighted by Gasteiger charge is 1.98. The Labute approximate surface area is 93.1 Å². The Morgan fingerprint density at radius 3 is 2.73 bits per heavy atom. The van der Waals surface area contributed by atoms with Crippen LogP contribution in [-0.2, 0) is 6.42 Å². The number of nitrogens with two attached hydrogens (primary N) is 1. The van der Waals surface area contributed by atoms with E-state index < -0.39 is 0 Å². The highest BCUT2D eigenvalue weighted by molar-refractivity contribution is 5.22. The topological polar surface area (TPSA) is 29.3 Å². The van der Waals surface area contributed by atoms with Gasteiger partial charge in [-0.05, 0) is 45.5 Å². The van der Waals surface area contributed by atoms with Crippen molar-refractivity contribution in [1.29, 1.82) is 0 Å². The van der Waals surface area contributed by atoms with Crippen molar-refractivity contribution in [3.63, 3.8) is 0 Å². The van der Waals surface area contributed by atoms with Crippen molar-refractivity contribution < 1.29 is 0 Å². The minimum absolute atomic E-state index is 0.786. The van der Waals surface area contributed by atoms with Gasteiger partial charge in [0.25, 0.3) is 0 Å². The van der Waals surface area contributed by atoms with Gasteiger partial charge in [0.1, 0.15) is 0 Å². The van der Waals surface area contributed by atoms with Crippen LogP contribution in [0, 0.1) is 6.92 Å². The Bertz CT molecular complexity index is 284. The summed E-state index contributed by atoms with van der Waals surface area (Å²) in [5.74, 6) is 0. The van der Waals surface area contributed by atoms with Crippen molar-refractivity contribution >= 4 is 0 Å². The molecule has 0 unspecified atom stereocenters. The molecule has 0 saturated heterocycles. The molecule has 0 saturated carbocycles. The number of benzene rings is 1. The largest absolute Gasteiger partial charge is 0.330 e. The molecule has 0 bridgehead atoms. The lowest BCUT2D eigenvalue weighted by Crippen LogP contribution is -2.24. The number of hydrogen-bond donors (Lipinski definition) is 1. The number of likely N-dealkylation sites (N-methyl/N-ethyl adjacent to an activating group) is 1. The summed E-state index contributed by atoms with van der Waals surface area (Å²) < 4.78 is 0. The van der Waals surface area contributed by atoms with Gasteiger partial charge in [-0.25, -0.2) is 0 Å². The van der Waals surface area contributed by atoms with Gasteiger partial charge >= 0.3 is 0 Å². The molecule has 1 aromatic carbocycles. The second-order valence-corrected chi connectivity index (χ2v) is 4.18. The molecule has 0 aliphatic rings. The third-order valence-electron chi connectivity index (χ3n) is 2.61. The summed E-state index contributed by atoms with van der Waals surface area (Å²) in [7, 11) is 2.16. The first-order valence-electron chi connectivity index (χ1n) is 5.66. The first-order chi connectivity index (χ1) is 7.22. The van der Waals surface area contributed by atoms with Gasteiger partial charge in [-0.3, -0.25) is 0 Å². The smallest absolute Gasteiger partial charge is 0.00188 e. The predicted molar refractivity (Wildman–Crippen MR) is 66.1 cm³/mol. The van der Waals surface area contributed by atoms with Crippen molar-refractivity contribution in [3.8, 4) is 0 Å². The standard InChI is InChI=1S/C13H22N2/c1-12-5-3-6-13(11-12)7-10-15(2)9-4-8-14/h3,5-6,11H,4,7-10,14H2,1-2H3. The number of rotatable bonds is 6. The third-order valence-corrected chi connectivity index (χ3v) is 2.61. The second kappa shape index (κ2) is 6.59. The van der Waals surface area contributed by atoms with Gasteiger partial charge in [-0.15, -0.1) is 0 Å². The SMILES string of the molecule is Cc1cccc(CCN(C)CCCN)c1. The molecule has 0 atom stereocenters. The lowest BCUT2D eigenvalue weighted by molar-refractivity contribution is 0.335. The van der Waals surface area contributed by atoms with Gasteiger partial charge < -0.3 is 10.6 Å². The van der Waals surface area contributed by atoms with Crippen molar-refractivity contribution in [2.24, 2.45) is 5.73 Å². The Balaban J connectivity index is 2.30. The van der Waals surface area contributed by atoms with E-state index >= 15 is 0 Å². The number of hydrogen-bond acceptors (Lipinski definition) is 2. The summed E-state index contributed by atoms with van der Waals surface area (Å²) in [6.07, 6.45) is 2.22. The molecule has 0 amide bonds. The van der Waals surface area contributed by atoms with Gasteiger partial charge in [0.15, 0.2) is 0 Å². The first kappa shape index (κ1) is 12.2. The lowest BCUT2D eigenvalue weighted by Gasteiger charge is -2.15. The van der Waals surface area contributed by atoms with Crippen LogP contribution < -0.4 is 5.73 Å². The molecule has 0 radical (unpaired) electrons. The van der Waals surface area contributed by atoms with E-state index in [2.05, 4.69) is 43.1 Å². The normalized spacial score (nSPS) is 10.9. The van der Waals surface area contributed by atoms with Crippen LogP contribution in [0.15, 0.2) is 24.3 Å². The fourth-order valence-electron chi connectivity index (χ4n) is 1.66. The molecule has 1 aromatic rings. The minimum Gasteiger partial charge on any atom is -0.330 e. The third kappa shape index (κ3) is 4.96. The van der Waals surface area contributed by atoms with Crippen LogP contribution in [0.4, 0.5) is 0 Å². The van der Waals surface area contributed by atoms with Crippen molar-refractivity contribution in [2.45, 2.75) is 19.8 Å². The van der Waals surface area contributed by atoms with Gasteiger partial charge in [-0.2, -0.15) is 0 Å². The van der Waals surface area contributed by atoms with E-state index in [0.29, 0.717) is 0 Å². The Morgan fingerprint density at radius 1 is 1.27 bits per heavy atom. The highest BCUT2D eigenvalue weighted by atomic mass is 15.1.